The van der Waals surface area contributed by atoms with E-state index in [0.717, 1.165) is 55.8 Å². The number of likely N-dealkylation sites (tertiary alicyclic amines) is 1. The Kier molecular flexibility index (Phi) is 7.26. The van der Waals surface area contributed by atoms with Crippen molar-refractivity contribution in [3.63, 3.8) is 0 Å². The normalized spacial score (nSPS) is 30.6. The second-order valence-electron chi connectivity index (χ2n) is 11.7. The maximum absolute atomic E-state index is 13.2. The molecular formula is C28H37FN2O4S2. The van der Waals surface area contributed by atoms with Crippen molar-refractivity contribution < 1.29 is 22.7 Å². The summed E-state index contributed by atoms with van der Waals surface area (Å²) in [5.41, 5.74) is 1.34. The van der Waals surface area contributed by atoms with Crippen molar-refractivity contribution in [1.29, 1.82) is 0 Å². The molecule has 0 spiro atoms. The zero-order valence-corrected chi connectivity index (χ0v) is 23.5. The van der Waals surface area contributed by atoms with Crippen molar-refractivity contribution in [3.8, 4) is 0 Å². The fraction of sp³-hybridized carbons (Fsp3) is 0.643. The number of nitrogens with zero attached hydrogens (tertiary/aromatic N) is 2. The molecule has 2 aliphatic carbocycles. The maximum atomic E-state index is 13.2. The molecule has 202 valence electrons. The molecule has 2 aromatic rings. The summed E-state index contributed by atoms with van der Waals surface area (Å²) < 4.78 is 39.0. The van der Waals surface area contributed by atoms with Crippen molar-refractivity contribution in [2.75, 3.05) is 13.1 Å². The Bertz CT molecular complexity index is 1260. The molecule has 2 fully saturated rings. The zero-order chi connectivity index (χ0) is 26.5. The number of benzene rings is 1. The molecule has 1 aromatic carbocycles. The summed E-state index contributed by atoms with van der Waals surface area (Å²) in [6, 6.07) is 5.55. The van der Waals surface area contributed by atoms with E-state index in [9.17, 15) is 22.7 Å². The highest BCUT2D eigenvalue weighted by Crippen LogP contribution is 2.57. The van der Waals surface area contributed by atoms with Crippen LogP contribution in [0.15, 0.2) is 24.3 Å². The molecule has 37 heavy (non-hydrogen) atoms. The molecule has 1 saturated heterocycles. The number of carbonyl (C=O) groups excluding carboxylic acids is 1. The van der Waals surface area contributed by atoms with Crippen molar-refractivity contribution in [3.05, 3.63) is 51.2 Å². The van der Waals surface area contributed by atoms with E-state index in [-0.39, 0.29) is 46.5 Å². The van der Waals surface area contributed by atoms with Gasteiger partial charge in [-0.15, -0.1) is 11.3 Å². The second kappa shape index (κ2) is 10.0. The van der Waals surface area contributed by atoms with Gasteiger partial charge in [0.15, 0.2) is 9.84 Å². The molecule has 3 aliphatic rings. The molecule has 6 unspecified atom stereocenters. The first-order valence-electron chi connectivity index (χ1n) is 13.4. The number of hydrogen-bond donors (Lipinski definition) is 1. The number of fused-ring (bicyclic) bond motifs is 2. The van der Waals surface area contributed by atoms with Gasteiger partial charge >= 0.3 is 0 Å². The van der Waals surface area contributed by atoms with E-state index in [1.54, 1.807) is 0 Å². The van der Waals surface area contributed by atoms with Crippen LogP contribution < -0.4 is 0 Å². The minimum absolute atomic E-state index is 0.0227. The van der Waals surface area contributed by atoms with Gasteiger partial charge in [0, 0.05) is 29.8 Å². The number of hydrogen-bond acceptors (Lipinski definition) is 6. The molecule has 1 aliphatic heterocycles. The quantitative estimate of drug-likeness (QED) is 0.565. The minimum Gasteiger partial charge on any atom is -0.392 e. The van der Waals surface area contributed by atoms with Crippen molar-refractivity contribution in [2.45, 2.75) is 76.4 Å². The number of amides is 1. The predicted molar refractivity (Wildman–Crippen MR) is 142 cm³/mol. The van der Waals surface area contributed by atoms with E-state index in [1.165, 1.54) is 35.6 Å². The highest BCUT2D eigenvalue weighted by atomic mass is 32.2. The lowest BCUT2D eigenvalue weighted by atomic mass is 9.53. The van der Waals surface area contributed by atoms with E-state index in [4.69, 9.17) is 4.98 Å². The van der Waals surface area contributed by atoms with Gasteiger partial charge in [-0.05, 0) is 67.1 Å². The van der Waals surface area contributed by atoms with Gasteiger partial charge < -0.3 is 10.0 Å². The maximum Gasteiger partial charge on any atom is 0.225 e. The topological polar surface area (TPSA) is 87.6 Å². The molecule has 9 heteroatoms. The van der Waals surface area contributed by atoms with E-state index < -0.39 is 21.8 Å². The first-order valence-corrected chi connectivity index (χ1v) is 16.0. The number of rotatable bonds is 6. The lowest BCUT2D eigenvalue weighted by Gasteiger charge is -2.53. The fourth-order valence-corrected chi connectivity index (χ4v) is 10.3. The predicted octanol–water partition coefficient (Wildman–Crippen LogP) is 4.71. The van der Waals surface area contributed by atoms with Crippen molar-refractivity contribution in [2.24, 2.45) is 23.2 Å². The summed E-state index contributed by atoms with van der Waals surface area (Å²) in [7, 11) is -3.47. The average Bonchev–Trinajstić information content (AvgIpc) is 3.49. The molecule has 6 atom stereocenters. The zero-order valence-electron chi connectivity index (χ0n) is 21.8. The van der Waals surface area contributed by atoms with Crippen LogP contribution in [0, 0.1) is 29.0 Å². The number of thiazole rings is 1. The molecule has 0 radical (unpaired) electrons. The third kappa shape index (κ3) is 5.23. The second-order valence-corrected chi connectivity index (χ2v) is 15.0. The van der Waals surface area contributed by atoms with Crippen LogP contribution in [0.4, 0.5) is 4.39 Å². The molecule has 1 N–H and O–H groups in total. The summed E-state index contributed by atoms with van der Waals surface area (Å²) in [4.78, 5) is 21.0. The number of aliphatic hydroxyl groups is 1. The minimum atomic E-state index is -3.47. The summed E-state index contributed by atoms with van der Waals surface area (Å²) in [5.74, 6) is -0.880. The van der Waals surface area contributed by atoms with Gasteiger partial charge in [-0.3, -0.25) is 4.79 Å². The molecule has 1 saturated carbocycles. The Balaban J connectivity index is 1.33. The van der Waals surface area contributed by atoms with Crippen LogP contribution >= 0.6 is 11.3 Å². The Labute approximate surface area is 223 Å². The number of aromatic nitrogens is 1. The lowest BCUT2D eigenvalue weighted by molar-refractivity contribution is -0.143. The highest BCUT2D eigenvalue weighted by molar-refractivity contribution is 7.90. The molecule has 2 heterocycles. The summed E-state index contributed by atoms with van der Waals surface area (Å²) >= 11 is 1.47. The van der Waals surface area contributed by atoms with Crippen LogP contribution in [0.2, 0.25) is 0 Å². The fourth-order valence-electron chi connectivity index (χ4n) is 7.14. The van der Waals surface area contributed by atoms with Crippen LogP contribution in [0.25, 0.3) is 0 Å². The van der Waals surface area contributed by atoms with E-state index in [1.807, 2.05) is 11.8 Å². The average molecular weight is 549 g/mol. The Hall–Kier alpha value is -1.84. The van der Waals surface area contributed by atoms with Crippen molar-refractivity contribution >= 4 is 27.1 Å². The summed E-state index contributed by atoms with van der Waals surface area (Å²) in [6.45, 7) is 7.93. The SMILES string of the molecule is CC(C(=O)N1CCCC1)C1CCC2(C)Cc3sc(CS(=O)(=O)Cc4ccc(F)cc4)nc3C(C)C2C1O. The van der Waals surface area contributed by atoms with Gasteiger partial charge in [-0.2, -0.15) is 0 Å². The van der Waals surface area contributed by atoms with Crippen LogP contribution in [-0.2, 0) is 32.6 Å². The first kappa shape index (κ1) is 26.8. The molecule has 1 aromatic heterocycles. The van der Waals surface area contributed by atoms with Crippen LogP contribution in [-0.4, -0.2) is 48.5 Å². The first-order chi connectivity index (χ1) is 17.5. The third-order valence-electron chi connectivity index (χ3n) is 9.06. The van der Waals surface area contributed by atoms with Gasteiger partial charge in [0.2, 0.25) is 5.91 Å². The summed E-state index contributed by atoms with van der Waals surface area (Å²) in [5, 5.41) is 12.2. The third-order valence-corrected chi connectivity index (χ3v) is 11.8. The standard InChI is InChI=1S/C28H37FN2O4S2/c1-17(27(33)31-12-4-5-13-31)21-10-11-28(3)14-22-25(18(2)24(28)26(21)32)30-23(36-22)16-37(34,35)15-19-6-8-20(29)9-7-19/h6-9,17-18,21,24,26,32H,4-5,10-16H2,1-3H3. The molecule has 1 amide bonds. The number of aliphatic hydroxyl groups excluding tert-OH is 1. The smallest absolute Gasteiger partial charge is 0.225 e. The Morgan fingerprint density at radius 1 is 1.24 bits per heavy atom. The van der Waals surface area contributed by atoms with E-state index >= 15 is 0 Å². The van der Waals surface area contributed by atoms with Gasteiger partial charge in [-0.1, -0.05) is 32.9 Å². The van der Waals surface area contributed by atoms with E-state index in [0.29, 0.717) is 10.6 Å². The number of halogens is 1. The Morgan fingerprint density at radius 2 is 1.92 bits per heavy atom. The van der Waals surface area contributed by atoms with Crippen LogP contribution in [0.5, 0.6) is 0 Å². The Morgan fingerprint density at radius 3 is 2.59 bits per heavy atom. The highest BCUT2D eigenvalue weighted by Gasteiger charge is 2.54. The number of carbonyl (C=O) groups is 1. The van der Waals surface area contributed by atoms with Crippen LogP contribution in [0.1, 0.15) is 73.5 Å². The molecular weight excluding hydrogens is 511 g/mol. The largest absolute Gasteiger partial charge is 0.392 e. The van der Waals surface area contributed by atoms with Gasteiger partial charge in [-0.25, -0.2) is 17.8 Å². The van der Waals surface area contributed by atoms with Gasteiger partial charge in [0.1, 0.15) is 16.6 Å². The summed E-state index contributed by atoms with van der Waals surface area (Å²) in [6.07, 6.45) is 4.02. The molecule has 5 rings (SSSR count). The molecule has 0 bridgehead atoms. The van der Waals surface area contributed by atoms with Crippen LogP contribution in [0.3, 0.4) is 0 Å². The van der Waals surface area contributed by atoms with Gasteiger partial charge in [0.05, 0.1) is 17.6 Å². The lowest BCUT2D eigenvalue weighted by Crippen LogP contribution is -2.53. The molecule has 6 nitrogen and oxygen atoms in total. The van der Waals surface area contributed by atoms with Gasteiger partial charge in [0.25, 0.3) is 0 Å². The number of sulfone groups is 1. The van der Waals surface area contributed by atoms with Crippen molar-refractivity contribution in [1.82, 2.24) is 9.88 Å². The monoisotopic (exact) mass is 548 g/mol. The van der Waals surface area contributed by atoms with E-state index in [2.05, 4.69) is 13.8 Å².